The van der Waals surface area contributed by atoms with E-state index in [4.69, 9.17) is 11.5 Å². The van der Waals surface area contributed by atoms with Crippen LogP contribution >= 0.6 is 0 Å². The lowest BCUT2D eigenvalue weighted by Gasteiger charge is -2.31. The molecule has 0 aliphatic heterocycles. The summed E-state index contributed by atoms with van der Waals surface area (Å²) in [5.41, 5.74) is 20.7. The van der Waals surface area contributed by atoms with Gasteiger partial charge in [0.25, 0.3) is 0 Å². The molecule has 8 heteroatoms. The van der Waals surface area contributed by atoms with Gasteiger partial charge in [0.05, 0.1) is 16.6 Å². The second-order valence-corrected chi connectivity index (χ2v) is 18.1. The van der Waals surface area contributed by atoms with Crippen LogP contribution in [0.5, 0.6) is 0 Å². The summed E-state index contributed by atoms with van der Waals surface area (Å²) < 4.78 is 13.7. The zero-order valence-corrected chi connectivity index (χ0v) is 28.6. The van der Waals surface area contributed by atoms with Crippen molar-refractivity contribution >= 4 is 63.3 Å². The SMILES string of the molecule is CC(C)(C)[Si](C)(C)C#Cc1cnc2c(N)nc3ccccc3c2c1.Nc1nc2ccccc2c2cc(C#Cc3ccccc3F)cnc12. The van der Waals surface area contributed by atoms with Crippen molar-refractivity contribution in [2.24, 2.45) is 0 Å². The highest BCUT2D eigenvalue weighted by Crippen LogP contribution is 2.35. The monoisotopic (exact) mass is 646 g/mol. The summed E-state index contributed by atoms with van der Waals surface area (Å²) in [5.74, 6) is 9.68. The summed E-state index contributed by atoms with van der Waals surface area (Å²) in [6.07, 6.45) is 3.43. The number of aromatic nitrogens is 4. The van der Waals surface area contributed by atoms with Gasteiger partial charge < -0.3 is 11.5 Å². The molecule has 6 nitrogen and oxygen atoms in total. The number of nitrogens with two attached hydrogens (primary N) is 2. The van der Waals surface area contributed by atoms with Gasteiger partial charge in [0, 0.05) is 45.1 Å². The van der Waals surface area contributed by atoms with E-state index in [-0.39, 0.29) is 10.9 Å². The standard InChI is InChI=1S/C20H12FN3.C20H23N3Si/c21-17-7-3-1-5-14(17)10-9-13-11-16-15-6-2-4-8-18(15)24-20(22)19(16)23-12-13;1-20(2,3)24(4,5)11-10-14-12-16-15-8-6-7-9-17(15)23-19(21)18(16)22-13-14/h1-8,11-12H,(H2,22,24);6-9,12-13H,1-5H3,(H2,21,23). The summed E-state index contributed by atoms with van der Waals surface area (Å²) in [5, 5.41) is 4.16. The van der Waals surface area contributed by atoms with Crippen LogP contribution in [0.15, 0.2) is 97.3 Å². The van der Waals surface area contributed by atoms with Gasteiger partial charge in [-0.3, -0.25) is 9.97 Å². The van der Waals surface area contributed by atoms with Crippen LogP contribution in [-0.4, -0.2) is 28.0 Å². The van der Waals surface area contributed by atoms with Crippen molar-refractivity contribution in [2.45, 2.75) is 38.9 Å². The molecule has 0 amide bonds. The fourth-order valence-corrected chi connectivity index (χ4v) is 5.80. The number of anilines is 2. The molecule has 0 fully saturated rings. The van der Waals surface area contributed by atoms with E-state index in [0.717, 1.165) is 43.7 Å². The van der Waals surface area contributed by atoms with E-state index in [9.17, 15) is 4.39 Å². The van der Waals surface area contributed by atoms with Gasteiger partial charge in [0.1, 0.15) is 24.9 Å². The lowest BCUT2D eigenvalue weighted by molar-refractivity contribution is 0.624. The van der Waals surface area contributed by atoms with Crippen LogP contribution in [0.2, 0.25) is 18.1 Å². The third-order valence-electron chi connectivity index (χ3n) is 8.74. The van der Waals surface area contributed by atoms with Crippen molar-refractivity contribution in [2.75, 3.05) is 11.5 Å². The van der Waals surface area contributed by atoms with Crippen molar-refractivity contribution in [3.63, 3.8) is 0 Å². The smallest absolute Gasteiger partial charge is 0.150 e. The molecule has 4 aromatic heterocycles. The number of nitrogen functional groups attached to an aromatic ring is 2. The van der Waals surface area contributed by atoms with E-state index in [1.165, 1.54) is 6.07 Å². The molecule has 0 saturated heterocycles. The Kier molecular flexibility index (Phi) is 8.53. The Balaban J connectivity index is 0.000000167. The normalized spacial score (nSPS) is 11.4. The number of hydrogen-bond donors (Lipinski definition) is 2. The van der Waals surface area contributed by atoms with E-state index in [0.29, 0.717) is 28.3 Å². The average Bonchev–Trinajstić information content (AvgIpc) is 3.07. The molecule has 0 radical (unpaired) electrons. The van der Waals surface area contributed by atoms with Crippen LogP contribution in [0, 0.1) is 29.1 Å². The molecule has 0 bridgehead atoms. The van der Waals surface area contributed by atoms with Crippen molar-refractivity contribution in [1.29, 1.82) is 0 Å². The molecular formula is C40H35FN6Si. The van der Waals surface area contributed by atoms with Gasteiger partial charge in [0.2, 0.25) is 0 Å². The number of para-hydroxylation sites is 2. The molecule has 4 heterocycles. The maximum Gasteiger partial charge on any atom is 0.150 e. The van der Waals surface area contributed by atoms with Crippen LogP contribution in [-0.2, 0) is 0 Å². The van der Waals surface area contributed by atoms with E-state index in [1.54, 1.807) is 30.6 Å². The number of hydrogen-bond acceptors (Lipinski definition) is 6. The van der Waals surface area contributed by atoms with E-state index in [2.05, 4.69) is 89.2 Å². The van der Waals surface area contributed by atoms with Gasteiger partial charge >= 0.3 is 0 Å². The summed E-state index contributed by atoms with van der Waals surface area (Å²) >= 11 is 0. The molecule has 7 rings (SSSR count). The third kappa shape index (κ3) is 6.53. The predicted molar refractivity (Wildman–Crippen MR) is 199 cm³/mol. The highest BCUT2D eigenvalue weighted by molar-refractivity contribution is 6.87. The Morgan fingerprint density at radius 2 is 1.10 bits per heavy atom. The Bertz CT molecular complexity index is 2480. The van der Waals surface area contributed by atoms with Gasteiger partial charge in [-0.1, -0.05) is 100 Å². The van der Waals surface area contributed by atoms with Crippen LogP contribution < -0.4 is 11.5 Å². The molecular weight excluding hydrogens is 612 g/mol. The highest BCUT2D eigenvalue weighted by Gasteiger charge is 2.33. The maximum atomic E-state index is 13.7. The van der Waals surface area contributed by atoms with E-state index in [1.807, 2.05) is 48.5 Å². The van der Waals surface area contributed by atoms with Gasteiger partial charge in [-0.15, -0.1) is 5.54 Å². The molecule has 236 valence electrons. The maximum absolute atomic E-state index is 13.7. The van der Waals surface area contributed by atoms with Crippen molar-refractivity contribution < 1.29 is 4.39 Å². The third-order valence-corrected chi connectivity index (χ3v) is 13.2. The Labute approximate surface area is 280 Å². The first-order valence-electron chi connectivity index (χ1n) is 15.6. The summed E-state index contributed by atoms with van der Waals surface area (Å²) in [6, 6.07) is 26.2. The zero-order chi connectivity index (χ0) is 34.1. The van der Waals surface area contributed by atoms with Gasteiger partial charge in [0.15, 0.2) is 11.6 Å². The van der Waals surface area contributed by atoms with Crippen molar-refractivity contribution in [3.8, 4) is 23.3 Å². The lowest BCUT2D eigenvalue weighted by atomic mass is 10.1. The number of halogens is 1. The summed E-state index contributed by atoms with van der Waals surface area (Å²) in [4.78, 5) is 17.7. The Morgan fingerprint density at radius 1 is 0.625 bits per heavy atom. The lowest BCUT2D eigenvalue weighted by Crippen LogP contribution is -2.35. The molecule has 3 aromatic carbocycles. The van der Waals surface area contributed by atoms with Gasteiger partial charge in [-0.25, -0.2) is 14.4 Å². The minimum atomic E-state index is -1.65. The minimum absolute atomic E-state index is 0.241. The number of fused-ring (bicyclic) bond motifs is 6. The summed E-state index contributed by atoms with van der Waals surface area (Å²) in [7, 11) is -1.65. The number of benzene rings is 3. The fraction of sp³-hybridized carbons (Fsp3) is 0.150. The van der Waals surface area contributed by atoms with Crippen molar-refractivity contribution in [1.82, 2.24) is 19.9 Å². The van der Waals surface area contributed by atoms with E-state index >= 15 is 0 Å². The zero-order valence-electron chi connectivity index (χ0n) is 27.6. The average molecular weight is 647 g/mol. The van der Waals surface area contributed by atoms with Gasteiger partial charge in [-0.2, -0.15) is 0 Å². The predicted octanol–water partition coefficient (Wildman–Crippen LogP) is 8.67. The van der Waals surface area contributed by atoms with Gasteiger partial charge in [-0.05, 0) is 41.4 Å². The fourth-order valence-electron chi connectivity index (χ4n) is 4.97. The Hall–Kier alpha value is -5.83. The molecule has 0 atom stereocenters. The second kappa shape index (κ2) is 12.8. The van der Waals surface area contributed by atoms with Crippen LogP contribution in [0.1, 0.15) is 37.5 Å². The quantitative estimate of drug-likeness (QED) is 0.0971. The van der Waals surface area contributed by atoms with Crippen molar-refractivity contribution in [3.05, 3.63) is 120 Å². The molecule has 0 aliphatic carbocycles. The summed E-state index contributed by atoms with van der Waals surface area (Å²) in [6.45, 7) is 11.4. The molecule has 0 saturated carbocycles. The molecule has 0 aliphatic rings. The topological polar surface area (TPSA) is 104 Å². The first-order valence-corrected chi connectivity index (χ1v) is 18.6. The minimum Gasteiger partial charge on any atom is -0.382 e. The molecule has 0 spiro atoms. The van der Waals surface area contributed by atoms with E-state index < -0.39 is 8.07 Å². The van der Waals surface area contributed by atoms with Crippen LogP contribution in [0.3, 0.4) is 0 Å². The number of nitrogens with zero attached hydrogens (tertiary/aromatic N) is 4. The Morgan fingerprint density at radius 3 is 1.62 bits per heavy atom. The molecule has 0 unspecified atom stereocenters. The van der Waals surface area contributed by atoms with Crippen LogP contribution in [0.25, 0.3) is 43.6 Å². The number of pyridine rings is 4. The second-order valence-electron chi connectivity index (χ2n) is 13.1. The van der Waals surface area contributed by atoms with Crippen LogP contribution in [0.4, 0.5) is 16.0 Å². The molecule has 4 N–H and O–H groups in total. The number of rotatable bonds is 0. The highest BCUT2D eigenvalue weighted by atomic mass is 28.3. The first-order chi connectivity index (χ1) is 22.9. The molecule has 7 aromatic rings. The molecule has 48 heavy (non-hydrogen) atoms. The first kappa shape index (κ1) is 32.1. The largest absolute Gasteiger partial charge is 0.382 e.